The molecule has 0 unspecified atom stereocenters. The van der Waals surface area contributed by atoms with Gasteiger partial charge in [-0.1, -0.05) is 24.3 Å². The van der Waals surface area contributed by atoms with E-state index in [2.05, 4.69) is 17.1 Å². The van der Waals surface area contributed by atoms with E-state index in [0.717, 1.165) is 24.1 Å². The topological polar surface area (TPSA) is 65.2 Å². The number of esters is 1. The molecule has 1 aromatic carbocycles. The molecule has 1 aromatic heterocycles. The lowest BCUT2D eigenvalue weighted by atomic mass is 10.1. The predicted molar refractivity (Wildman–Crippen MR) is 75.8 cm³/mol. The quantitative estimate of drug-likeness (QED) is 0.852. The Hall–Kier alpha value is -1.88. The molecule has 0 saturated carbocycles. The number of aromatic nitrogens is 1. The second kappa shape index (κ2) is 6.33. The fourth-order valence-electron chi connectivity index (χ4n) is 1.70. The van der Waals surface area contributed by atoms with Gasteiger partial charge in [0.1, 0.15) is 6.61 Å². The van der Waals surface area contributed by atoms with Gasteiger partial charge in [-0.25, -0.2) is 4.98 Å². The van der Waals surface area contributed by atoms with Crippen molar-refractivity contribution in [3.63, 3.8) is 0 Å². The smallest absolute Gasteiger partial charge is 0.302 e. The number of nitrogens with zero attached hydrogens (tertiary/aromatic N) is 1. The molecule has 0 aliphatic heterocycles. The highest BCUT2D eigenvalue weighted by molar-refractivity contribution is 7.13. The van der Waals surface area contributed by atoms with Gasteiger partial charge in [-0.05, 0) is 24.0 Å². The fraction of sp³-hybridized carbons (Fsp3) is 0.286. The standard InChI is InChI=1S/C14H16N2O2S/c1-10(17)18-8-12-4-2-11(3-5-12)6-7-13-9-19-14(15)16-13/h2-5,9H,6-8H2,1H3,(H2,15,16). The van der Waals surface area contributed by atoms with Gasteiger partial charge in [-0.3, -0.25) is 4.79 Å². The van der Waals surface area contributed by atoms with Crippen molar-refractivity contribution in [1.82, 2.24) is 4.98 Å². The van der Waals surface area contributed by atoms with Gasteiger partial charge in [-0.2, -0.15) is 0 Å². The molecule has 1 heterocycles. The zero-order valence-electron chi connectivity index (χ0n) is 10.8. The summed E-state index contributed by atoms with van der Waals surface area (Å²) in [5, 5.41) is 2.61. The molecule has 0 saturated heterocycles. The number of carbonyl (C=O) groups excluding carboxylic acids is 1. The Labute approximate surface area is 116 Å². The molecule has 0 radical (unpaired) electrons. The molecule has 5 heteroatoms. The van der Waals surface area contributed by atoms with Gasteiger partial charge < -0.3 is 10.5 Å². The summed E-state index contributed by atoms with van der Waals surface area (Å²) < 4.78 is 4.94. The number of nitrogens with two attached hydrogens (primary N) is 1. The zero-order chi connectivity index (χ0) is 13.7. The number of hydrogen-bond donors (Lipinski definition) is 1. The number of thiazole rings is 1. The Bertz CT molecular complexity index is 549. The van der Waals surface area contributed by atoms with Crippen LogP contribution in [0.4, 0.5) is 5.13 Å². The van der Waals surface area contributed by atoms with Crippen molar-refractivity contribution >= 4 is 22.4 Å². The van der Waals surface area contributed by atoms with Gasteiger partial charge >= 0.3 is 5.97 Å². The summed E-state index contributed by atoms with van der Waals surface area (Å²) in [5.41, 5.74) is 8.86. The van der Waals surface area contributed by atoms with Crippen molar-refractivity contribution in [3.05, 3.63) is 46.5 Å². The number of hydrogen-bond acceptors (Lipinski definition) is 5. The Morgan fingerprint density at radius 2 is 1.95 bits per heavy atom. The van der Waals surface area contributed by atoms with E-state index in [9.17, 15) is 4.79 Å². The van der Waals surface area contributed by atoms with E-state index >= 15 is 0 Å². The lowest BCUT2D eigenvalue weighted by Gasteiger charge is -2.04. The van der Waals surface area contributed by atoms with Gasteiger partial charge in [-0.15, -0.1) is 11.3 Å². The number of aryl methyl sites for hydroxylation is 2. The summed E-state index contributed by atoms with van der Waals surface area (Å²) in [6.07, 6.45) is 1.81. The minimum atomic E-state index is -0.259. The van der Waals surface area contributed by atoms with Crippen LogP contribution in [0, 0.1) is 0 Å². The highest BCUT2D eigenvalue weighted by Crippen LogP contribution is 2.14. The zero-order valence-corrected chi connectivity index (χ0v) is 11.6. The van der Waals surface area contributed by atoms with Gasteiger partial charge in [0, 0.05) is 12.3 Å². The van der Waals surface area contributed by atoms with Crippen LogP contribution in [0.1, 0.15) is 23.7 Å². The van der Waals surface area contributed by atoms with Crippen molar-refractivity contribution in [3.8, 4) is 0 Å². The summed E-state index contributed by atoms with van der Waals surface area (Å²) in [4.78, 5) is 14.9. The van der Waals surface area contributed by atoms with Crippen LogP contribution in [0.25, 0.3) is 0 Å². The second-order valence-electron chi connectivity index (χ2n) is 4.27. The molecule has 0 atom stereocenters. The molecule has 4 nitrogen and oxygen atoms in total. The summed E-state index contributed by atoms with van der Waals surface area (Å²) in [6.45, 7) is 1.74. The number of carbonyl (C=O) groups is 1. The molecule has 0 bridgehead atoms. The number of anilines is 1. The van der Waals surface area contributed by atoms with E-state index in [0.29, 0.717) is 11.7 Å². The molecule has 0 aliphatic rings. The maximum atomic E-state index is 10.7. The summed E-state index contributed by atoms with van der Waals surface area (Å²) in [6, 6.07) is 8.06. The fourth-order valence-corrected chi connectivity index (χ4v) is 2.29. The van der Waals surface area contributed by atoms with Crippen LogP contribution in [-0.2, 0) is 29.0 Å². The maximum Gasteiger partial charge on any atom is 0.302 e. The van der Waals surface area contributed by atoms with Gasteiger partial charge in [0.2, 0.25) is 0 Å². The summed E-state index contributed by atoms with van der Waals surface area (Å²) in [7, 11) is 0. The summed E-state index contributed by atoms with van der Waals surface area (Å²) in [5.74, 6) is -0.259. The molecule has 0 spiro atoms. The Kier molecular flexibility index (Phi) is 4.52. The van der Waals surface area contributed by atoms with Crippen molar-refractivity contribution in [1.29, 1.82) is 0 Å². The molecule has 2 rings (SSSR count). The molecule has 19 heavy (non-hydrogen) atoms. The molecule has 100 valence electrons. The molecular weight excluding hydrogens is 260 g/mol. The third-order valence-corrected chi connectivity index (χ3v) is 3.43. The summed E-state index contributed by atoms with van der Waals surface area (Å²) >= 11 is 1.47. The molecule has 2 N–H and O–H groups in total. The van der Waals surface area contributed by atoms with Gasteiger partial charge in [0.05, 0.1) is 5.69 Å². The monoisotopic (exact) mass is 276 g/mol. The second-order valence-corrected chi connectivity index (χ2v) is 5.16. The van der Waals surface area contributed by atoms with Crippen molar-refractivity contribution in [2.75, 3.05) is 5.73 Å². The number of rotatable bonds is 5. The van der Waals surface area contributed by atoms with E-state index in [1.807, 2.05) is 17.5 Å². The normalized spacial score (nSPS) is 10.4. The average molecular weight is 276 g/mol. The van der Waals surface area contributed by atoms with Crippen LogP contribution in [-0.4, -0.2) is 11.0 Å². The molecule has 2 aromatic rings. The van der Waals surface area contributed by atoms with Crippen molar-refractivity contribution < 1.29 is 9.53 Å². The van der Waals surface area contributed by atoms with Crippen LogP contribution in [0.2, 0.25) is 0 Å². The van der Waals surface area contributed by atoms with E-state index in [-0.39, 0.29) is 5.97 Å². The first kappa shape index (κ1) is 13.5. The Morgan fingerprint density at radius 3 is 2.53 bits per heavy atom. The highest BCUT2D eigenvalue weighted by atomic mass is 32.1. The van der Waals surface area contributed by atoms with Gasteiger partial charge in [0.15, 0.2) is 5.13 Å². The molecular formula is C14H16N2O2S. The van der Waals surface area contributed by atoms with Crippen molar-refractivity contribution in [2.24, 2.45) is 0 Å². The SMILES string of the molecule is CC(=O)OCc1ccc(CCc2csc(N)n2)cc1. The Balaban J connectivity index is 1.86. The maximum absolute atomic E-state index is 10.7. The first-order valence-electron chi connectivity index (χ1n) is 6.04. The minimum absolute atomic E-state index is 0.259. The largest absolute Gasteiger partial charge is 0.461 e. The van der Waals surface area contributed by atoms with E-state index in [1.54, 1.807) is 0 Å². The van der Waals surface area contributed by atoms with E-state index in [1.165, 1.54) is 23.8 Å². The average Bonchev–Trinajstić information content (AvgIpc) is 2.81. The van der Waals surface area contributed by atoms with Crippen LogP contribution in [0.3, 0.4) is 0 Å². The predicted octanol–water partition coefficient (Wildman–Crippen LogP) is 2.57. The lowest BCUT2D eigenvalue weighted by Crippen LogP contribution is -1.99. The third-order valence-electron chi connectivity index (χ3n) is 2.70. The third kappa shape index (κ3) is 4.37. The lowest BCUT2D eigenvalue weighted by molar-refractivity contribution is -0.142. The van der Waals surface area contributed by atoms with E-state index in [4.69, 9.17) is 10.5 Å². The Morgan fingerprint density at radius 1 is 1.26 bits per heavy atom. The first-order chi connectivity index (χ1) is 9.13. The molecule has 0 aliphatic carbocycles. The molecule has 0 amide bonds. The first-order valence-corrected chi connectivity index (χ1v) is 6.92. The minimum Gasteiger partial charge on any atom is -0.461 e. The van der Waals surface area contributed by atoms with Crippen LogP contribution in [0.5, 0.6) is 0 Å². The van der Waals surface area contributed by atoms with Crippen LogP contribution in [0.15, 0.2) is 29.6 Å². The van der Waals surface area contributed by atoms with Crippen LogP contribution >= 0.6 is 11.3 Å². The number of benzene rings is 1. The van der Waals surface area contributed by atoms with Crippen molar-refractivity contribution in [2.45, 2.75) is 26.4 Å². The molecule has 0 fully saturated rings. The number of nitrogen functional groups attached to an aromatic ring is 1. The van der Waals surface area contributed by atoms with Gasteiger partial charge in [0.25, 0.3) is 0 Å². The van der Waals surface area contributed by atoms with E-state index < -0.39 is 0 Å². The highest BCUT2D eigenvalue weighted by Gasteiger charge is 2.01. The van der Waals surface area contributed by atoms with Crippen LogP contribution < -0.4 is 5.73 Å². The number of ether oxygens (including phenoxy) is 1.